The van der Waals surface area contributed by atoms with Gasteiger partial charge in [-0.1, -0.05) is 218 Å². The second-order valence-electron chi connectivity index (χ2n) is 15.6. The van der Waals surface area contributed by atoms with Crippen molar-refractivity contribution in [3.63, 3.8) is 0 Å². The molecule has 2 nitrogen and oxygen atoms in total. The number of hydrogen-bond acceptors (Lipinski definition) is 1. The maximum absolute atomic E-state index is 2.52. The quantitative estimate of drug-likeness (QED) is 0.141. The van der Waals surface area contributed by atoms with Crippen molar-refractivity contribution in [3.8, 4) is 61.3 Å². The Kier molecular flexibility index (Phi) is 9.57. The van der Waals surface area contributed by atoms with Gasteiger partial charge in [-0.05, 0) is 75.3 Å². The molecule has 0 amide bonds. The molecule has 0 aliphatic heterocycles. The first-order valence-corrected chi connectivity index (χ1v) is 21.3. The van der Waals surface area contributed by atoms with Gasteiger partial charge in [0.05, 0.1) is 33.8 Å². The highest BCUT2D eigenvalue weighted by molar-refractivity contribution is 6.18. The molecule has 0 unspecified atom stereocenters. The predicted octanol–water partition coefficient (Wildman–Crippen LogP) is 16.6. The van der Waals surface area contributed by atoms with Gasteiger partial charge in [0.2, 0.25) is 0 Å². The molecule has 292 valence electrons. The van der Waals surface area contributed by atoms with Crippen LogP contribution in [0, 0.1) is 0 Å². The van der Waals surface area contributed by atoms with Crippen molar-refractivity contribution in [2.75, 3.05) is 4.90 Å². The minimum atomic E-state index is 1.10. The third-order valence-electron chi connectivity index (χ3n) is 12.0. The van der Waals surface area contributed by atoms with Crippen LogP contribution in [0.2, 0.25) is 0 Å². The molecule has 0 fully saturated rings. The lowest BCUT2D eigenvalue weighted by Crippen LogP contribution is -2.13. The van der Waals surface area contributed by atoms with Crippen LogP contribution in [-0.4, -0.2) is 4.57 Å². The molecular weight excluding hydrogens is 749 g/mol. The van der Waals surface area contributed by atoms with Crippen molar-refractivity contribution >= 4 is 38.9 Å². The van der Waals surface area contributed by atoms with Crippen LogP contribution in [0.1, 0.15) is 0 Å². The van der Waals surface area contributed by atoms with Crippen LogP contribution in [-0.2, 0) is 0 Å². The molecule has 1 heterocycles. The predicted molar refractivity (Wildman–Crippen MR) is 263 cm³/mol. The van der Waals surface area contributed by atoms with E-state index in [2.05, 4.69) is 264 Å². The Morgan fingerprint density at radius 2 is 0.661 bits per heavy atom. The number of hydrogen-bond donors (Lipinski definition) is 0. The van der Waals surface area contributed by atoms with E-state index in [0.717, 1.165) is 50.5 Å². The number of anilines is 3. The Balaban J connectivity index is 1.26. The molecule has 11 rings (SSSR count). The fourth-order valence-corrected chi connectivity index (χ4v) is 9.35. The van der Waals surface area contributed by atoms with Crippen molar-refractivity contribution in [1.29, 1.82) is 0 Å². The highest BCUT2D eigenvalue weighted by atomic mass is 15.2. The van der Waals surface area contributed by atoms with E-state index >= 15 is 0 Å². The van der Waals surface area contributed by atoms with E-state index in [4.69, 9.17) is 0 Å². The first-order chi connectivity index (χ1) is 30.8. The lowest BCUT2D eigenvalue weighted by atomic mass is 9.91. The number of nitrogens with zero attached hydrogens (tertiary/aromatic N) is 2. The fraction of sp³-hybridized carbons (Fsp3) is 0. The molecule has 0 aliphatic rings. The Labute approximate surface area is 362 Å². The molecule has 0 bridgehead atoms. The van der Waals surface area contributed by atoms with E-state index in [0.29, 0.717) is 0 Å². The summed E-state index contributed by atoms with van der Waals surface area (Å²) in [6.07, 6.45) is 0. The summed E-state index contributed by atoms with van der Waals surface area (Å²) in [5, 5.41) is 2.36. The van der Waals surface area contributed by atoms with Gasteiger partial charge in [0.1, 0.15) is 0 Å². The Morgan fingerprint density at radius 1 is 0.258 bits per heavy atom. The van der Waals surface area contributed by atoms with Crippen molar-refractivity contribution in [3.05, 3.63) is 255 Å². The van der Waals surface area contributed by atoms with Crippen molar-refractivity contribution in [2.24, 2.45) is 0 Å². The summed E-state index contributed by atoms with van der Waals surface area (Å²) >= 11 is 0. The molecule has 2 heteroatoms. The van der Waals surface area contributed by atoms with Crippen LogP contribution in [0.5, 0.6) is 0 Å². The number of aromatic nitrogens is 1. The van der Waals surface area contributed by atoms with Crippen molar-refractivity contribution in [1.82, 2.24) is 4.57 Å². The normalized spacial score (nSPS) is 11.2. The van der Waals surface area contributed by atoms with Crippen molar-refractivity contribution in [2.45, 2.75) is 0 Å². The number of rotatable bonds is 9. The molecule has 0 spiro atoms. The van der Waals surface area contributed by atoms with E-state index in [1.54, 1.807) is 0 Å². The van der Waals surface area contributed by atoms with Gasteiger partial charge in [-0.15, -0.1) is 0 Å². The average Bonchev–Trinajstić information content (AvgIpc) is 3.70. The zero-order valence-corrected chi connectivity index (χ0v) is 34.1. The monoisotopic (exact) mass is 790 g/mol. The van der Waals surface area contributed by atoms with Gasteiger partial charge in [-0.25, -0.2) is 0 Å². The van der Waals surface area contributed by atoms with Crippen LogP contribution in [0.3, 0.4) is 0 Å². The highest BCUT2D eigenvalue weighted by Crippen LogP contribution is 2.51. The van der Waals surface area contributed by atoms with Gasteiger partial charge in [0.25, 0.3) is 0 Å². The smallest absolute Gasteiger partial charge is 0.0562 e. The Bertz CT molecular complexity index is 3320. The molecule has 11 aromatic rings. The van der Waals surface area contributed by atoms with Crippen LogP contribution >= 0.6 is 0 Å². The summed E-state index contributed by atoms with van der Waals surface area (Å²) in [7, 11) is 0. The molecule has 10 aromatic carbocycles. The Morgan fingerprint density at radius 3 is 1.29 bits per heavy atom. The van der Waals surface area contributed by atoms with Gasteiger partial charge in [-0.2, -0.15) is 0 Å². The average molecular weight is 791 g/mol. The second kappa shape index (κ2) is 16.1. The van der Waals surface area contributed by atoms with Gasteiger partial charge >= 0.3 is 0 Å². The third-order valence-corrected chi connectivity index (χ3v) is 12.0. The van der Waals surface area contributed by atoms with Crippen LogP contribution in [0.25, 0.3) is 83.1 Å². The maximum atomic E-state index is 2.52. The second-order valence-corrected chi connectivity index (χ2v) is 15.6. The lowest BCUT2D eigenvalue weighted by Gasteiger charge is -2.31. The molecule has 1 aromatic heterocycles. The van der Waals surface area contributed by atoms with Gasteiger partial charge in [0.15, 0.2) is 0 Å². The molecular formula is C60H42N2. The van der Waals surface area contributed by atoms with Gasteiger partial charge in [0, 0.05) is 27.5 Å². The van der Waals surface area contributed by atoms with Crippen LogP contribution < -0.4 is 4.90 Å². The molecule has 0 atom stereocenters. The number of para-hydroxylation sites is 2. The van der Waals surface area contributed by atoms with Crippen LogP contribution in [0.4, 0.5) is 17.1 Å². The van der Waals surface area contributed by atoms with Gasteiger partial charge in [-0.3, -0.25) is 0 Å². The van der Waals surface area contributed by atoms with E-state index < -0.39 is 0 Å². The zero-order chi connectivity index (χ0) is 41.2. The largest absolute Gasteiger partial charge is 0.309 e. The first kappa shape index (κ1) is 36.8. The summed E-state index contributed by atoms with van der Waals surface area (Å²) < 4.78 is 2.49. The standard InChI is InChI=1S/C60H42N2/c1-6-23-43(24-7-1)48-33-16-18-37-52(48)61(54-39-20-35-49(44-25-8-2-9-26-44)58(54)46-29-12-4-13-30-46)56-41-22-42-57-60(56)51-34-17-19-38-53(51)62(57)55-40-21-36-50(45-27-10-3-11-28-45)59(55)47-31-14-5-15-32-47/h1-42H. The SMILES string of the molecule is c1ccc(-c2ccccc2N(c2cccc(-c3ccccc3)c2-c2ccccc2)c2cccc3c2c2ccccc2n3-c2cccc(-c3ccccc3)c2-c2ccccc2)cc1. The third kappa shape index (κ3) is 6.46. The lowest BCUT2D eigenvalue weighted by molar-refractivity contribution is 1.18. The molecule has 0 aliphatic carbocycles. The summed E-state index contributed by atoms with van der Waals surface area (Å²) in [5.41, 5.74) is 18.5. The van der Waals surface area contributed by atoms with Crippen molar-refractivity contribution < 1.29 is 0 Å². The molecule has 62 heavy (non-hydrogen) atoms. The molecule has 0 saturated carbocycles. The fourth-order valence-electron chi connectivity index (χ4n) is 9.35. The summed E-state index contributed by atoms with van der Waals surface area (Å²) in [6, 6.07) is 92.2. The maximum Gasteiger partial charge on any atom is 0.0562 e. The van der Waals surface area contributed by atoms with E-state index in [-0.39, 0.29) is 0 Å². The highest BCUT2D eigenvalue weighted by Gasteiger charge is 2.27. The minimum absolute atomic E-state index is 1.10. The Hall–Kier alpha value is -8.20. The van der Waals surface area contributed by atoms with E-state index in [1.807, 2.05) is 0 Å². The minimum Gasteiger partial charge on any atom is -0.309 e. The topological polar surface area (TPSA) is 8.17 Å². The molecule has 0 saturated heterocycles. The first-order valence-electron chi connectivity index (χ1n) is 21.3. The summed E-state index contributed by atoms with van der Waals surface area (Å²) in [4.78, 5) is 2.52. The molecule has 0 N–H and O–H groups in total. The van der Waals surface area contributed by atoms with Gasteiger partial charge < -0.3 is 9.47 Å². The zero-order valence-electron chi connectivity index (χ0n) is 34.1. The molecule has 0 radical (unpaired) electrons. The van der Waals surface area contributed by atoms with Crippen LogP contribution in [0.15, 0.2) is 255 Å². The number of benzene rings is 10. The van der Waals surface area contributed by atoms with E-state index in [1.165, 1.54) is 49.7 Å². The summed E-state index contributed by atoms with van der Waals surface area (Å²) in [5.74, 6) is 0. The van der Waals surface area contributed by atoms with E-state index in [9.17, 15) is 0 Å². The number of fused-ring (bicyclic) bond motifs is 3. The summed E-state index contributed by atoms with van der Waals surface area (Å²) in [6.45, 7) is 0.